The van der Waals surface area contributed by atoms with Crippen LogP contribution in [0.1, 0.15) is 39.0 Å². The van der Waals surface area contributed by atoms with E-state index in [1.807, 2.05) is 4.90 Å². The zero-order valence-corrected chi connectivity index (χ0v) is 12.5. The molecule has 2 atom stereocenters. The molecule has 0 aromatic rings. The summed E-state index contributed by atoms with van der Waals surface area (Å²) in [5.74, 6) is -1.11. The number of nitrogens with one attached hydrogen (secondary N) is 1. The molecule has 2 rings (SSSR count). The molecule has 2 fully saturated rings. The monoisotopic (exact) mass is 296 g/mol. The lowest BCUT2D eigenvalue weighted by Gasteiger charge is -2.32. The fourth-order valence-electron chi connectivity index (χ4n) is 2.66. The number of carboxylic acid groups (broad SMARTS) is 1. The van der Waals surface area contributed by atoms with Gasteiger partial charge in [0.1, 0.15) is 0 Å². The van der Waals surface area contributed by atoms with E-state index in [0.717, 1.165) is 32.2 Å². The van der Waals surface area contributed by atoms with Crippen molar-refractivity contribution in [2.24, 2.45) is 17.8 Å². The maximum Gasteiger partial charge on any atom is 0.306 e. The van der Waals surface area contributed by atoms with Gasteiger partial charge in [-0.3, -0.25) is 14.4 Å². The number of piperidine rings is 1. The topological polar surface area (TPSA) is 86.7 Å². The summed E-state index contributed by atoms with van der Waals surface area (Å²) >= 11 is 0. The smallest absolute Gasteiger partial charge is 0.306 e. The fraction of sp³-hybridized carbons (Fsp3) is 0.800. The summed E-state index contributed by atoms with van der Waals surface area (Å²) in [5.41, 5.74) is 0. The highest BCUT2D eigenvalue weighted by Gasteiger charge is 2.36. The van der Waals surface area contributed by atoms with E-state index in [9.17, 15) is 14.4 Å². The van der Waals surface area contributed by atoms with Crippen LogP contribution in [-0.4, -0.2) is 47.4 Å². The van der Waals surface area contributed by atoms with Crippen LogP contribution in [0.25, 0.3) is 0 Å². The number of amides is 2. The molecule has 0 aromatic carbocycles. The first-order valence-electron chi connectivity index (χ1n) is 7.78. The first-order chi connectivity index (χ1) is 9.99. The Morgan fingerprint density at radius 3 is 2.57 bits per heavy atom. The highest BCUT2D eigenvalue weighted by Crippen LogP contribution is 2.32. The van der Waals surface area contributed by atoms with Crippen molar-refractivity contribution in [2.45, 2.75) is 39.0 Å². The van der Waals surface area contributed by atoms with Crippen LogP contribution < -0.4 is 5.32 Å². The summed E-state index contributed by atoms with van der Waals surface area (Å²) in [6.07, 6.45) is 4.06. The highest BCUT2D eigenvalue weighted by atomic mass is 16.4. The molecule has 21 heavy (non-hydrogen) atoms. The second kappa shape index (κ2) is 6.91. The summed E-state index contributed by atoms with van der Waals surface area (Å²) in [6, 6.07) is 0. The molecular formula is C15H24N2O4. The molecule has 0 radical (unpaired) electrons. The average Bonchev–Trinajstić information content (AvgIpc) is 3.30. The third-order valence-electron chi connectivity index (χ3n) is 4.33. The Bertz CT molecular complexity index is 420. The predicted molar refractivity (Wildman–Crippen MR) is 76.5 cm³/mol. The van der Waals surface area contributed by atoms with Gasteiger partial charge in [-0.05, 0) is 32.1 Å². The number of hydrogen-bond donors (Lipinski definition) is 2. The second-order valence-corrected chi connectivity index (χ2v) is 6.22. The Morgan fingerprint density at radius 2 is 1.95 bits per heavy atom. The van der Waals surface area contributed by atoms with E-state index < -0.39 is 11.9 Å². The minimum Gasteiger partial charge on any atom is -0.481 e. The summed E-state index contributed by atoms with van der Waals surface area (Å²) in [5, 5.41) is 11.6. The summed E-state index contributed by atoms with van der Waals surface area (Å²) in [6.45, 7) is 3.27. The molecule has 1 heterocycles. The zero-order valence-electron chi connectivity index (χ0n) is 12.5. The van der Waals surface area contributed by atoms with Gasteiger partial charge in [0, 0.05) is 25.6 Å². The lowest BCUT2D eigenvalue weighted by atomic mass is 9.96. The Kier molecular flexibility index (Phi) is 5.20. The van der Waals surface area contributed by atoms with Crippen LogP contribution in [0, 0.1) is 17.8 Å². The van der Waals surface area contributed by atoms with Crippen molar-refractivity contribution < 1.29 is 19.5 Å². The van der Waals surface area contributed by atoms with Crippen molar-refractivity contribution in [1.29, 1.82) is 0 Å². The molecule has 2 amide bonds. The molecule has 0 spiro atoms. The molecule has 1 aliphatic heterocycles. The van der Waals surface area contributed by atoms with Gasteiger partial charge in [-0.25, -0.2) is 0 Å². The van der Waals surface area contributed by atoms with Crippen molar-refractivity contribution >= 4 is 17.8 Å². The summed E-state index contributed by atoms with van der Waals surface area (Å²) in [4.78, 5) is 36.7. The molecule has 2 N–H and O–H groups in total. The van der Waals surface area contributed by atoms with Gasteiger partial charge < -0.3 is 15.3 Å². The molecule has 6 heteroatoms. The molecule has 1 saturated heterocycles. The van der Waals surface area contributed by atoms with Gasteiger partial charge in [-0.1, -0.05) is 6.92 Å². The van der Waals surface area contributed by atoms with E-state index in [0.29, 0.717) is 19.5 Å². The Hall–Kier alpha value is -1.59. The van der Waals surface area contributed by atoms with E-state index in [-0.39, 0.29) is 23.7 Å². The van der Waals surface area contributed by atoms with Crippen LogP contribution in [0.15, 0.2) is 0 Å². The van der Waals surface area contributed by atoms with E-state index in [2.05, 4.69) is 5.32 Å². The summed E-state index contributed by atoms with van der Waals surface area (Å²) < 4.78 is 0. The van der Waals surface area contributed by atoms with Crippen molar-refractivity contribution in [3.8, 4) is 0 Å². The van der Waals surface area contributed by atoms with Crippen molar-refractivity contribution in [3.05, 3.63) is 0 Å². The van der Waals surface area contributed by atoms with Crippen LogP contribution in [-0.2, 0) is 14.4 Å². The largest absolute Gasteiger partial charge is 0.481 e. The minimum atomic E-state index is -0.844. The number of nitrogens with zero attached hydrogens (tertiary/aromatic N) is 1. The average molecular weight is 296 g/mol. The number of aliphatic carboxylic acids is 1. The van der Waals surface area contributed by atoms with Crippen molar-refractivity contribution in [2.75, 3.05) is 19.6 Å². The van der Waals surface area contributed by atoms with Crippen LogP contribution in [0.4, 0.5) is 0 Å². The number of likely N-dealkylation sites (tertiary alicyclic amines) is 1. The van der Waals surface area contributed by atoms with Gasteiger partial charge in [-0.2, -0.15) is 0 Å². The number of carbonyl (C=O) groups excluding carboxylic acids is 2. The van der Waals surface area contributed by atoms with Crippen LogP contribution in [0.5, 0.6) is 0 Å². The van der Waals surface area contributed by atoms with E-state index >= 15 is 0 Å². The van der Waals surface area contributed by atoms with E-state index in [1.165, 1.54) is 0 Å². The van der Waals surface area contributed by atoms with Crippen LogP contribution in [0.2, 0.25) is 0 Å². The van der Waals surface area contributed by atoms with Crippen LogP contribution >= 0.6 is 0 Å². The molecule has 118 valence electrons. The fourth-order valence-corrected chi connectivity index (χ4v) is 2.66. The molecule has 0 bridgehead atoms. The van der Waals surface area contributed by atoms with Gasteiger partial charge in [0.05, 0.1) is 11.8 Å². The first kappa shape index (κ1) is 15.8. The molecule has 0 aromatic heterocycles. The highest BCUT2D eigenvalue weighted by molar-refractivity contribution is 5.83. The normalized spacial score (nSPS) is 23.5. The predicted octanol–water partition coefficient (Wildman–Crippen LogP) is 0.862. The number of carboxylic acids is 1. The van der Waals surface area contributed by atoms with Gasteiger partial charge in [0.2, 0.25) is 11.8 Å². The van der Waals surface area contributed by atoms with Gasteiger partial charge in [0.25, 0.3) is 0 Å². The second-order valence-electron chi connectivity index (χ2n) is 6.22. The number of rotatable bonds is 6. The molecular weight excluding hydrogens is 272 g/mol. The summed E-state index contributed by atoms with van der Waals surface area (Å²) in [7, 11) is 0. The lowest BCUT2D eigenvalue weighted by Crippen LogP contribution is -2.46. The molecule has 1 saturated carbocycles. The molecule has 1 aliphatic carbocycles. The number of carbonyl (C=O) groups is 3. The van der Waals surface area contributed by atoms with Gasteiger partial charge in [0.15, 0.2) is 0 Å². The van der Waals surface area contributed by atoms with Gasteiger partial charge in [-0.15, -0.1) is 0 Å². The number of hydrogen-bond acceptors (Lipinski definition) is 3. The van der Waals surface area contributed by atoms with Gasteiger partial charge >= 0.3 is 5.97 Å². The third kappa shape index (κ3) is 4.44. The Labute approximate surface area is 124 Å². The molecule has 6 nitrogen and oxygen atoms in total. The Balaban J connectivity index is 1.73. The van der Waals surface area contributed by atoms with Crippen molar-refractivity contribution in [1.82, 2.24) is 10.2 Å². The standard InChI is InChI=1S/C15H24N2O4/c1-10(15(20)21)6-7-16-13(18)12-3-2-8-17(9-12)14(19)11-4-5-11/h10-12H,2-9H2,1H3,(H,16,18)(H,20,21). The SMILES string of the molecule is CC(CCNC(=O)C1CCCN(C(=O)C2CC2)C1)C(=O)O. The minimum absolute atomic E-state index is 0.0547. The van der Waals surface area contributed by atoms with E-state index in [4.69, 9.17) is 5.11 Å². The zero-order chi connectivity index (χ0) is 15.4. The van der Waals surface area contributed by atoms with Crippen LogP contribution in [0.3, 0.4) is 0 Å². The third-order valence-corrected chi connectivity index (χ3v) is 4.33. The lowest BCUT2D eigenvalue weighted by molar-refractivity contribution is -0.142. The molecule has 2 unspecified atom stereocenters. The quantitative estimate of drug-likeness (QED) is 0.761. The maximum absolute atomic E-state index is 12.1. The van der Waals surface area contributed by atoms with Crippen molar-refractivity contribution in [3.63, 3.8) is 0 Å². The first-order valence-corrected chi connectivity index (χ1v) is 7.78. The maximum atomic E-state index is 12.1. The van der Waals surface area contributed by atoms with E-state index in [1.54, 1.807) is 6.92 Å². The molecule has 2 aliphatic rings. The Morgan fingerprint density at radius 1 is 1.24 bits per heavy atom.